The van der Waals surface area contributed by atoms with Gasteiger partial charge in [0.2, 0.25) is 0 Å². The molecule has 0 saturated heterocycles. The highest BCUT2D eigenvalue weighted by atomic mass is 16.3. The van der Waals surface area contributed by atoms with Gasteiger partial charge in [-0.2, -0.15) is 0 Å². The van der Waals surface area contributed by atoms with Crippen LogP contribution in [-0.4, -0.2) is 10.4 Å². The number of hydrogen-bond donors (Lipinski definition) is 1. The van der Waals surface area contributed by atoms with Crippen LogP contribution in [0.5, 0.6) is 0 Å². The highest BCUT2D eigenvalue weighted by Crippen LogP contribution is 2.36. The predicted molar refractivity (Wildman–Crippen MR) is 207 cm³/mol. The van der Waals surface area contributed by atoms with Gasteiger partial charge in [0.05, 0.1) is 22.8 Å². The second-order valence-corrected chi connectivity index (χ2v) is 12.9. The Bertz CT molecular complexity index is 2790. The van der Waals surface area contributed by atoms with Gasteiger partial charge in [-0.3, -0.25) is 0 Å². The maximum absolute atomic E-state index is 6.28. The van der Waals surface area contributed by atoms with Crippen LogP contribution >= 0.6 is 0 Å². The minimum Gasteiger partial charge on any atom is -0.456 e. The Hall–Kier alpha value is -6.65. The molecule has 50 heavy (non-hydrogen) atoms. The minimum atomic E-state index is -0.0598. The van der Waals surface area contributed by atoms with Crippen LogP contribution in [-0.2, 0) is 0 Å². The molecule has 1 aliphatic rings. The second-order valence-electron chi connectivity index (χ2n) is 12.9. The molecule has 1 unspecified atom stereocenters. The van der Waals surface area contributed by atoms with Gasteiger partial charge in [0, 0.05) is 38.4 Å². The quantitative estimate of drug-likeness (QED) is 0.203. The molecule has 0 fully saturated rings. The number of amidine groups is 1. The first-order valence-corrected chi connectivity index (χ1v) is 17.0. The largest absolute Gasteiger partial charge is 0.456 e. The topological polar surface area (TPSA) is 42.5 Å². The van der Waals surface area contributed by atoms with Gasteiger partial charge in [0.15, 0.2) is 0 Å². The summed E-state index contributed by atoms with van der Waals surface area (Å²) >= 11 is 0. The van der Waals surface area contributed by atoms with E-state index in [0.29, 0.717) is 0 Å². The number of benzene rings is 7. The Morgan fingerprint density at radius 2 is 1.16 bits per heavy atom. The maximum atomic E-state index is 6.28. The van der Waals surface area contributed by atoms with Gasteiger partial charge < -0.3 is 14.3 Å². The maximum Gasteiger partial charge on any atom is 0.136 e. The molecule has 9 aromatic rings. The molecule has 2 aromatic heterocycles. The summed E-state index contributed by atoms with van der Waals surface area (Å²) in [5.41, 5.74) is 11.7. The molecule has 3 heterocycles. The lowest BCUT2D eigenvalue weighted by atomic mass is 9.99. The minimum absolute atomic E-state index is 0.0598. The number of hydrogen-bond acceptors (Lipinski definition) is 3. The van der Waals surface area contributed by atoms with Crippen molar-refractivity contribution in [2.24, 2.45) is 4.99 Å². The second kappa shape index (κ2) is 11.5. The van der Waals surface area contributed by atoms with Gasteiger partial charge in [0.25, 0.3) is 0 Å². The lowest BCUT2D eigenvalue weighted by Gasteiger charge is -2.25. The zero-order valence-corrected chi connectivity index (χ0v) is 27.1. The number of aliphatic imine (C=N–C) groups is 1. The zero-order valence-electron chi connectivity index (χ0n) is 27.1. The molecule has 0 bridgehead atoms. The van der Waals surface area contributed by atoms with Gasteiger partial charge in [-0.1, -0.05) is 127 Å². The van der Waals surface area contributed by atoms with Crippen molar-refractivity contribution in [3.8, 4) is 16.8 Å². The normalized spacial score (nSPS) is 14.6. The number of nitrogens with zero attached hydrogens (tertiary/aromatic N) is 2. The lowest BCUT2D eigenvalue weighted by molar-refractivity contribution is 0.668. The molecule has 1 aliphatic heterocycles. The smallest absolute Gasteiger partial charge is 0.136 e. The van der Waals surface area contributed by atoms with Crippen molar-refractivity contribution >= 4 is 55.3 Å². The van der Waals surface area contributed by atoms with Gasteiger partial charge in [-0.25, -0.2) is 4.99 Å². The van der Waals surface area contributed by atoms with Crippen LogP contribution < -0.4 is 5.32 Å². The Balaban J connectivity index is 1.12. The van der Waals surface area contributed by atoms with E-state index in [1.807, 2.05) is 12.1 Å². The van der Waals surface area contributed by atoms with Gasteiger partial charge in [-0.05, 0) is 65.2 Å². The van der Waals surface area contributed by atoms with Gasteiger partial charge >= 0.3 is 0 Å². The number of furan rings is 1. The first-order valence-electron chi connectivity index (χ1n) is 17.0. The van der Waals surface area contributed by atoms with E-state index < -0.39 is 0 Å². The number of aromatic nitrogens is 1. The van der Waals surface area contributed by atoms with Crippen LogP contribution in [0.2, 0.25) is 0 Å². The third kappa shape index (κ3) is 4.73. The van der Waals surface area contributed by atoms with E-state index in [0.717, 1.165) is 50.3 Å². The van der Waals surface area contributed by atoms with Crippen LogP contribution in [0.25, 0.3) is 66.3 Å². The third-order valence-electron chi connectivity index (χ3n) is 9.84. The molecule has 10 rings (SSSR count). The van der Waals surface area contributed by atoms with Crippen molar-refractivity contribution in [3.63, 3.8) is 0 Å². The first-order chi connectivity index (χ1) is 24.8. The fourth-order valence-corrected chi connectivity index (χ4v) is 7.42. The Morgan fingerprint density at radius 1 is 0.480 bits per heavy atom. The zero-order chi connectivity index (χ0) is 33.0. The highest BCUT2D eigenvalue weighted by Gasteiger charge is 2.21. The Kier molecular flexibility index (Phi) is 6.53. The van der Waals surface area contributed by atoms with Crippen molar-refractivity contribution in [2.45, 2.75) is 6.04 Å². The fraction of sp³-hybridized carbons (Fsp3) is 0.0217. The molecule has 7 aromatic carbocycles. The molecule has 0 radical (unpaired) electrons. The molecule has 236 valence electrons. The van der Waals surface area contributed by atoms with E-state index in [4.69, 9.17) is 9.41 Å². The summed E-state index contributed by atoms with van der Waals surface area (Å²) in [6.45, 7) is 0. The third-order valence-corrected chi connectivity index (χ3v) is 9.84. The van der Waals surface area contributed by atoms with Gasteiger partial charge in [-0.15, -0.1) is 0 Å². The van der Waals surface area contributed by atoms with Crippen molar-refractivity contribution in [1.82, 2.24) is 9.88 Å². The molecule has 0 aliphatic carbocycles. The summed E-state index contributed by atoms with van der Waals surface area (Å²) < 4.78 is 8.66. The van der Waals surface area contributed by atoms with Crippen LogP contribution in [0.15, 0.2) is 185 Å². The molecule has 0 saturated carbocycles. The predicted octanol–water partition coefficient (Wildman–Crippen LogP) is 11.5. The van der Waals surface area contributed by atoms with Crippen molar-refractivity contribution < 1.29 is 4.42 Å². The van der Waals surface area contributed by atoms with Crippen LogP contribution in [0.4, 0.5) is 0 Å². The summed E-state index contributed by atoms with van der Waals surface area (Å²) in [7, 11) is 0. The number of nitrogens with one attached hydrogen (secondary N) is 1. The number of rotatable bonds is 5. The molecule has 1 N–H and O–H groups in total. The van der Waals surface area contributed by atoms with Gasteiger partial charge in [0.1, 0.15) is 17.0 Å². The van der Waals surface area contributed by atoms with Crippen LogP contribution in [0.3, 0.4) is 0 Å². The summed E-state index contributed by atoms with van der Waals surface area (Å²) in [6, 6.07) is 59.9. The van der Waals surface area contributed by atoms with E-state index in [-0.39, 0.29) is 6.04 Å². The standard InChI is InChI=1S/C46H31N3O/c1-3-12-30(13-4-1)32-22-24-37-36-18-7-9-20-42(36)49(43(37)27-32)35-17-11-16-34(26-35)46-47-40(31-14-5-2-6-15-31)29-41(48-46)33-23-25-39-38-19-8-10-21-44(38)50-45(39)28-33/h1-29,40H,(H,47,48). The van der Waals surface area contributed by atoms with Crippen LogP contribution in [0.1, 0.15) is 22.7 Å². The molecular weight excluding hydrogens is 611 g/mol. The van der Waals surface area contributed by atoms with Crippen molar-refractivity contribution in [3.05, 3.63) is 193 Å². The van der Waals surface area contributed by atoms with Crippen molar-refractivity contribution in [2.75, 3.05) is 0 Å². The molecule has 4 nitrogen and oxygen atoms in total. The highest BCUT2D eigenvalue weighted by molar-refractivity contribution is 6.11. The SMILES string of the molecule is C1=C(c2ccc3c(c2)oc2ccccc23)N=C(c2cccc(-n3c4ccccc4c4ccc(-c5ccccc5)cc43)c2)NC1c1ccccc1. The lowest BCUT2D eigenvalue weighted by Crippen LogP contribution is -2.31. The molecule has 0 spiro atoms. The van der Waals surface area contributed by atoms with Crippen molar-refractivity contribution in [1.29, 1.82) is 0 Å². The molecular formula is C46H31N3O. The van der Waals surface area contributed by atoms with E-state index in [1.165, 1.54) is 38.5 Å². The molecule has 1 atom stereocenters. The van der Waals surface area contributed by atoms with Crippen LogP contribution in [0, 0.1) is 0 Å². The molecule has 4 heteroatoms. The average molecular weight is 642 g/mol. The van der Waals surface area contributed by atoms with E-state index in [1.54, 1.807) is 0 Å². The Morgan fingerprint density at radius 3 is 2.04 bits per heavy atom. The summed E-state index contributed by atoms with van der Waals surface area (Å²) in [5, 5.41) is 8.46. The summed E-state index contributed by atoms with van der Waals surface area (Å²) in [5.74, 6) is 0.827. The molecule has 0 amide bonds. The summed E-state index contributed by atoms with van der Waals surface area (Å²) in [4.78, 5) is 5.28. The average Bonchev–Trinajstić information content (AvgIpc) is 3.73. The number of fused-ring (bicyclic) bond motifs is 6. The van der Waals surface area contributed by atoms with E-state index in [9.17, 15) is 0 Å². The fourth-order valence-electron chi connectivity index (χ4n) is 7.42. The van der Waals surface area contributed by atoms with E-state index in [2.05, 4.69) is 174 Å². The Labute approximate surface area is 289 Å². The monoisotopic (exact) mass is 641 g/mol. The number of para-hydroxylation sites is 2. The summed E-state index contributed by atoms with van der Waals surface area (Å²) in [6.07, 6.45) is 2.21. The first kappa shape index (κ1) is 28.4. The van der Waals surface area contributed by atoms with E-state index >= 15 is 0 Å².